The van der Waals surface area contributed by atoms with E-state index in [2.05, 4.69) is 10.5 Å². The Hall–Kier alpha value is -1.75. The minimum absolute atomic E-state index is 0.165. The molecule has 0 aliphatic carbocycles. The van der Waals surface area contributed by atoms with E-state index in [0.29, 0.717) is 11.5 Å². The van der Waals surface area contributed by atoms with Gasteiger partial charge in [-0.25, -0.2) is 0 Å². The zero-order valence-corrected chi connectivity index (χ0v) is 10.4. The van der Waals surface area contributed by atoms with Gasteiger partial charge in [-0.2, -0.15) is 0 Å². The molecule has 3 N–H and O–H groups in total. The average molecular weight is 240 g/mol. The first-order valence-electron chi connectivity index (χ1n) is 5.24. The maximum Gasteiger partial charge on any atom is 0.311 e. The second kappa shape index (κ2) is 6.10. The third-order valence-electron chi connectivity index (χ3n) is 2.52. The van der Waals surface area contributed by atoms with Gasteiger partial charge in [0.05, 0.1) is 21.3 Å². The lowest BCUT2D eigenvalue weighted by Crippen LogP contribution is -2.54. The number of esters is 1. The molecule has 0 radical (unpaired) electrons. The summed E-state index contributed by atoms with van der Waals surface area (Å²) < 4.78 is 14.9. The molecule has 0 saturated heterocycles. The molecule has 0 aromatic heterocycles. The molecular formula is C12H18NO4+. The molecule has 5 heteroatoms. The molecule has 0 bridgehead atoms. The highest BCUT2D eigenvalue weighted by Crippen LogP contribution is 2.29. The Morgan fingerprint density at radius 1 is 1.24 bits per heavy atom. The molecule has 0 aliphatic rings. The van der Waals surface area contributed by atoms with Crippen LogP contribution in [0.2, 0.25) is 0 Å². The summed E-state index contributed by atoms with van der Waals surface area (Å²) in [5, 5.41) is 0. The minimum atomic E-state index is -0.278. The lowest BCUT2D eigenvalue weighted by atomic mass is 10.0. The van der Waals surface area contributed by atoms with Crippen LogP contribution in [0.15, 0.2) is 18.2 Å². The Morgan fingerprint density at radius 2 is 1.88 bits per heavy atom. The predicted octanol–water partition coefficient (Wildman–Crippen LogP) is 0.550. The van der Waals surface area contributed by atoms with Crippen LogP contribution in [0.25, 0.3) is 0 Å². The third kappa shape index (κ3) is 3.35. The van der Waals surface area contributed by atoms with Crippen LogP contribution in [0.5, 0.6) is 11.5 Å². The van der Waals surface area contributed by atoms with E-state index < -0.39 is 0 Å². The van der Waals surface area contributed by atoms with Crippen LogP contribution < -0.4 is 15.2 Å². The van der Waals surface area contributed by atoms with Gasteiger partial charge >= 0.3 is 5.97 Å². The summed E-state index contributed by atoms with van der Waals surface area (Å²) in [4.78, 5) is 11.2. The molecule has 0 aliphatic heterocycles. The highest BCUT2D eigenvalue weighted by molar-refractivity contribution is 5.70. The van der Waals surface area contributed by atoms with Gasteiger partial charge in [-0.1, -0.05) is 0 Å². The number of methoxy groups -OCH3 is 3. The fraction of sp³-hybridized carbons (Fsp3) is 0.417. The van der Waals surface area contributed by atoms with Crippen molar-refractivity contribution in [1.82, 2.24) is 0 Å². The normalized spacial score (nSPS) is 11.8. The fourth-order valence-corrected chi connectivity index (χ4v) is 1.51. The van der Waals surface area contributed by atoms with Crippen LogP contribution in [-0.4, -0.2) is 27.3 Å². The van der Waals surface area contributed by atoms with Gasteiger partial charge in [0.2, 0.25) is 0 Å². The van der Waals surface area contributed by atoms with Gasteiger partial charge in [-0.15, -0.1) is 0 Å². The Labute approximate surface area is 100 Å². The molecule has 1 aromatic carbocycles. The van der Waals surface area contributed by atoms with Gasteiger partial charge in [0, 0.05) is 5.56 Å². The summed E-state index contributed by atoms with van der Waals surface area (Å²) in [7, 11) is 4.51. The number of quaternary nitrogens is 1. The molecule has 94 valence electrons. The van der Waals surface area contributed by atoms with E-state index in [1.54, 1.807) is 20.3 Å². The van der Waals surface area contributed by atoms with Crippen molar-refractivity contribution in [2.24, 2.45) is 0 Å². The Morgan fingerprint density at radius 3 is 2.41 bits per heavy atom. The second-order valence-corrected chi connectivity index (χ2v) is 3.59. The summed E-state index contributed by atoms with van der Waals surface area (Å²) >= 11 is 0. The van der Waals surface area contributed by atoms with Crippen molar-refractivity contribution in [2.45, 2.75) is 12.5 Å². The largest absolute Gasteiger partial charge is 0.493 e. The summed E-state index contributed by atoms with van der Waals surface area (Å²) in [5.74, 6) is 1.00. The van der Waals surface area contributed by atoms with Crippen molar-refractivity contribution in [3.63, 3.8) is 0 Å². The Bertz CT molecular complexity index is 392. The van der Waals surface area contributed by atoms with Gasteiger partial charge in [0.1, 0.15) is 12.5 Å². The maximum absolute atomic E-state index is 11.2. The van der Waals surface area contributed by atoms with Gasteiger partial charge in [-0.3, -0.25) is 4.79 Å². The lowest BCUT2D eigenvalue weighted by molar-refractivity contribution is -0.425. The summed E-state index contributed by atoms with van der Waals surface area (Å²) in [6, 6.07) is 5.31. The van der Waals surface area contributed by atoms with Crippen LogP contribution in [0.4, 0.5) is 0 Å². The van der Waals surface area contributed by atoms with Crippen molar-refractivity contribution in [3.8, 4) is 11.5 Å². The first kappa shape index (κ1) is 13.3. The summed E-state index contributed by atoms with van der Waals surface area (Å²) in [5.41, 5.74) is 4.84. The zero-order valence-electron chi connectivity index (χ0n) is 10.4. The van der Waals surface area contributed by atoms with Crippen LogP contribution in [0, 0.1) is 0 Å². The number of benzene rings is 1. The van der Waals surface area contributed by atoms with Crippen molar-refractivity contribution >= 4 is 5.97 Å². The lowest BCUT2D eigenvalue weighted by Gasteiger charge is -2.12. The van der Waals surface area contributed by atoms with Crippen LogP contribution in [0.1, 0.15) is 18.0 Å². The first-order chi connectivity index (χ1) is 8.12. The number of ether oxygens (including phenoxy) is 3. The van der Waals surface area contributed by atoms with Crippen LogP contribution in [-0.2, 0) is 9.53 Å². The van der Waals surface area contributed by atoms with Gasteiger partial charge < -0.3 is 19.9 Å². The van der Waals surface area contributed by atoms with Gasteiger partial charge in [0.25, 0.3) is 0 Å². The van der Waals surface area contributed by atoms with E-state index in [1.807, 2.05) is 12.1 Å². The average Bonchev–Trinajstić information content (AvgIpc) is 2.37. The topological polar surface area (TPSA) is 72.4 Å². The van der Waals surface area contributed by atoms with E-state index in [0.717, 1.165) is 5.56 Å². The van der Waals surface area contributed by atoms with Crippen molar-refractivity contribution < 1.29 is 24.7 Å². The highest BCUT2D eigenvalue weighted by Gasteiger charge is 2.17. The first-order valence-corrected chi connectivity index (χ1v) is 5.24. The number of hydrogen-bond donors (Lipinski definition) is 1. The minimum Gasteiger partial charge on any atom is -0.493 e. The molecule has 0 unspecified atom stereocenters. The monoisotopic (exact) mass is 240 g/mol. The molecule has 1 aromatic rings. The van der Waals surface area contributed by atoms with Crippen molar-refractivity contribution in [3.05, 3.63) is 23.8 Å². The molecule has 0 heterocycles. The molecule has 5 nitrogen and oxygen atoms in total. The summed E-state index contributed by atoms with van der Waals surface area (Å²) in [6.07, 6.45) is 0.242. The smallest absolute Gasteiger partial charge is 0.311 e. The SMILES string of the molecule is COC(=O)C[C@@H]([NH3+])c1ccc(OC)c(OC)c1. The molecule has 0 amide bonds. The van der Waals surface area contributed by atoms with Crippen molar-refractivity contribution in [1.29, 1.82) is 0 Å². The van der Waals surface area contributed by atoms with Crippen LogP contribution in [0.3, 0.4) is 0 Å². The number of carbonyl (C=O) groups excluding carboxylic acids is 1. The van der Waals surface area contributed by atoms with E-state index >= 15 is 0 Å². The quantitative estimate of drug-likeness (QED) is 0.763. The maximum atomic E-state index is 11.2. The van der Waals surface area contributed by atoms with Crippen molar-refractivity contribution in [2.75, 3.05) is 21.3 Å². The predicted molar refractivity (Wildman–Crippen MR) is 61.8 cm³/mol. The Kier molecular flexibility index (Phi) is 4.78. The number of carbonyl (C=O) groups is 1. The molecule has 1 rings (SSSR count). The summed E-state index contributed by atoms with van der Waals surface area (Å²) in [6.45, 7) is 0. The van der Waals surface area contributed by atoms with E-state index in [1.165, 1.54) is 7.11 Å². The molecule has 0 saturated carbocycles. The molecule has 0 fully saturated rings. The highest BCUT2D eigenvalue weighted by atomic mass is 16.5. The van der Waals surface area contributed by atoms with Gasteiger partial charge in [0.15, 0.2) is 11.5 Å². The fourth-order valence-electron chi connectivity index (χ4n) is 1.51. The second-order valence-electron chi connectivity index (χ2n) is 3.59. The standard InChI is InChI=1S/C12H17NO4/c1-15-10-5-4-8(6-11(10)16-2)9(13)7-12(14)17-3/h4-6,9H,7,13H2,1-3H3/p+1/t9-/m1/s1. The molecule has 17 heavy (non-hydrogen) atoms. The third-order valence-corrected chi connectivity index (χ3v) is 2.52. The van der Waals surface area contributed by atoms with E-state index in [4.69, 9.17) is 9.47 Å². The van der Waals surface area contributed by atoms with E-state index in [9.17, 15) is 4.79 Å². The number of hydrogen-bond acceptors (Lipinski definition) is 4. The number of rotatable bonds is 5. The van der Waals surface area contributed by atoms with E-state index in [-0.39, 0.29) is 18.4 Å². The zero-order chi connectivity index (χ0) is 12.8. The molecule has 1 atom stereocenters. The molecule has 0 spiro atoms. The van der Waals surface area contributed by atoms with Crippen LogP contribution >= 0.6 is 0 Å². The Balaban J connectivity index is 2.87. The van der Waals surface area contributed by atoms with Gasteiger partial charge in [-0.05, 0) is 18.2 Å². The molecular weight excluding hydrogens is 222 g/mol.